The highest BCUT2D eigenvalue weighted by atomic mass is 79.9. The Balaban J connectivity index is 1.97. The van der Waals surface area contributed by atoms with Gasteiger partial charge in [-0.2, -0.15) is 0 Å². The second-order valence-corrected chi connectivity index (χ2v) is 4.59. The van der Waals surface area contributed by atoms with E-state index >= 15 is 0 Å². The highest BCUT2D eigenvalue weighted by molar-refractivity contribution is 9.10. The molecule has 0 saturated carbocycles. The zero-order chi connectivity index (χ0) is 13.0. The van der Waals surface area contributed by atoms with Crippen molar-refractivity contribution >= 4 is 27.5 Å². The van der Waals surface area contributed by atoms with Gasteiger partial charge in [0.15, 0.2) is 11.6 Å². The third kappa shape index (κ3) is 3.30. The molecular weight excluding hydrogens is 296 g/mol. The summed E-state index contributed by atoms with van der Waals surface area (Å²) in [4.78, 5) is 11.8. The van der Waals surface area contributed by atoms with Gasteiger partial charge in [-0.3, -0.25) is 4.79 Å². The summed E-state index contributed by atoms with van der Waals surface area (Å²) in [5, 5.41) is 6.60. The van der Waals surface area contributed by atoms with Crippen molar-refractivity contribution in [2.75, 3.05) is 5.32 Å². The van der Waals surface area contributed by atoms with E-state index in [1.165, 1.54) is 6.08 Å². The number of carbonyl (C=O) groups excluding carboxylic acids is 1. The van der Waals surface area contributed by atoms with Gasteiger partial charge in [0.25, 0.3) is 0 Å². The first-order chi connectivity index (χ1) is 8.65. The monoisotopic (exact) mass is 306 g/mol. The van der Waals surface area contributed by atoms with Gasteiger partial charge in [0.1, 0.15) is 5.76 Å². The maximum atomic E-state index is 11.8. The zero-order valence-corrected chi connectivity index (χ0v) is 11.3. The van der Waals surface area contributed by atoms with E-state index in [0.29, 0.717) is 17.1 Å². The van der Waals surface area contributed by atoms with Crippen LogP contribution < -0.4 is 5.32 Å². The number of aryl methyl sites for hydroxylation is 1. The van der Waals surface area contributed by atoms with Gasteiger partial charge in [-0.05, 0) is 31.2 Å². The molecule has 0 amide bonds. The summed E-state index contributed by atoms with van der Waals surface area (Å²) >= 11 is 3.32. The summed E-state index contributed by atoms with van der Waals surface area (Å²) in [6.07, 6.45) is 2.99. The Hall–Kier alpha value is -1.88. The van der Waals surface area contributed by atoms with Crippen LogP contribution in [0, 0.1) is 6.92 Å². The van der Waals surface area contributed by atoms with Gasteiger partial charge < -0.3 is 9.84 Å². The quantitative estimate of drug-likeness (QED) is 0.693. The predicted octanol–water partition coefficient (Wildman–Crippen LogP) is 3.55. The largest absolute Gasteiger partial charge is 0.360 e. The van der Waals surface area contributed by atoms with Crippen molar-refractivity contribution in [3.63, 3.8) is 0 Å². The molecule has 4 nitrogen and oxygen atoms in total. The van der Waals surface area contributed by atoms with E-state index in [1.807, 2.05) is 12.1 Å². The first-order valence-corrected chi connectivity index (χ1v) is 6.11. The first-order valence-electron chi connectivity index (χ1n) is 5.31. The molecule has 1 N–H and O–H groups in total. The molecule has 2 rings (SSSR count). The Morgan fingerprint density at radius 1 is 1.39 bits per heavy atom. The van der Waals surface area contributed by atoms with Gasteiger partial charge in [0.2, 0.25) is 0 Å². The molecule has 0 radical (unpaired) electrons. The van der Waals surface area contributed by atoms with Crippen LogP contribution in [0.3, 0.4) is 0 Å². The molecule has 0 aliphatic rings. The lowest BCUT2D eigenvalue weighted by molar-refractivity contribution is 0.104. The molecule has 2 aromatic rings. The lowest BCUT2D eigenvalue weighted by atomic mass is 10.1. The summed E-state index contributed by atoms with van der Waals surface area (Å²) in [6, 6.07) is 8.92. The molecule has 0 aliphatic carbocycles. The molecule has 92 valence electrons. The van der Waals surface area contributed by atoms with Crippen LogP contribution >= 0.6 is 15.9 Å². The smallest absolute Gasteiger partial charge is 0.187 e. The lowest BCUT2D eigenvalue weighted by Gasteiger charge is -1.96. The number of allylic oxidation sites excluding steroid dienone is 1. The maximum absolute atomic E-state index is 11.8. The lowest BCUT2D eigenvalue weighted by Crippen LogP contribution is -1.96. The summed E-state index contributed by atoms with van der Waals surface area (Å²) in [7, 11) is 0. The van der Waals surface area contributed by atoms with Gasteiger partial charge in [0, 0.05) is 28.4 Å². The summed E-state index contributed by atoms with van der Waals surface area (Å²) in [5.74, 6) is 1.22. The number of hydrogen-bond donors (Lipinski definition) is 1. The van der Waals surface area contributed by atoms with Crippen LogP contribution in [0.5, 0.6) is 0 Å². The topological polar surface area (TPSA) is 55.1 Å². The molecule has 0 unspecified atom stereocenters. The fourth-order valence-electron chi connectivity index (χ4n) is 1.35. The highest BCUT2D eigenvalue weighted by Gasteiger charge is 2.01. The maximum Gasteiger partial charge on any atom is 0.187 e. The van der Waals surface area contributed by atoms with Crippen molar-refractivity contribution in [3.05, 3.63) is 58.4 Å². The minimum Gasteiger partial charge on any atom is -0.360 e. The Kier molecular flexibility index (Phi) is 3.94. The van der Waals surface area contributed by atoms with Crippen molar-refractivity contribution in [2.24, 2.45) is 0 Å². The van der Waals surface area contributed by atoms with Gasteiger partial charge >= 0.3 is 0 Å². The van der Waals surface area contributed by atoms with Crippen LogP contribution in [0.2, 0.25) is 0 Å². The van der Waals surface area contributed by atoms with Crippen LogP contribution in [-0.4, -0.2) is 10.9 Å². The van der Waals surface area contributed by atoms with E-state index in [0.717, 1.165) is 4.47 Å². The molecule has 0 saturated heterocycles. The standard InChI is InChI=1S/C13H11BrN2O2/c1-9-8-13(16-18-9)15-7-6-12(17)10-2-4-11(14)5-3-10/h2-8H,1H3,(H,15,16). The van der Waals surface area contributed by atoms with Gasteiger partial charge in [-0.25, -0.2) is 0 Å². The number of rotatable bonds is 4. The molecule has 1 aromatic heterocycles. The Morgan fingerprint density at radius 3 is 2.72 bits per heavy atom. The van der Waals surface area contributed by atoms with Crippen molar-refractivity contribution in [2.45, 2.75) is 6.92 Å². The van der Waals surface area contributed by atoms with Gasteiger partial charge in [-0.1, -0.05) is 21.1 Å². The second-order valence-electron chi connectivity index (χ2n) is 3.67. The third-order valence-corrected chi connectivity index (χ3v) is 2.75. The number of benzene rings is 1. The van der Waals surface area contributed by atoms with E-state index in [4.69, 9.17) is 4.52 Å². The first kappa shape index (κ1) is 12.6. The van der Waals surface area contributed by atoms with Crippen molar-refractivity contribution in [3.8, 4) is 0 Å². The molecule has 1 aromatic carbocycles. The minimum absolute atomic E-state index is 0.0739. The number of carbonyl (C=O) groups is 1. The van der Waals surface area contributed by atoms with Crippen LogP contribution in [-0.2, 0) is 0 Å². The Bertz CT molecular complexity index is 573. The van der Waals surface area contributed by atoms with Crippen LogP contribution in [0.4, 0.5) is 5.82 Å². The average molecular weight is 307 g/mol. The second kappa shape index (κ2) is 5.64. The Labute approximate surface area is 113 Å². The SMILES string of the molecule is Cc1cc(NC=CC(=O)c2ccc(Br)cc2)no1. The normalized spacial score (nSPS) is 10.8. The number of hydrogen-bond acceptors (Lipinski definition) is 4. The minimum atomic E-state index is -0.0739. The average Bonchev–Trinajstić information content (AvgIpc) is 2.76. The summed E-state index contributed by atoms with van der Waals surface area (Å²) in [6.45, 7) is 1.80. The van der Waals surface area contributed by atoms with E-state index in [9.17, 15) is 4.79 Å². The number of nitrogens with one attached hydrogen (secondary N) is 1. The van der Waals surface area contributed by atoms with E-state index in [2.05, 4.69) is 26.4 Å². The molecule has 0 spiro atoms. The summed E-state index contributed by atoms with van der Waals surface area (Å²) in [5.41, 5.74) is 0.632. The number of halogens is 1. The van der Waals surface area contributed by atoms with Crippen molar-refractivity contribution < 1.29 is 9.32 Å². The van der Waals surface area contributed by atoms with Gasteiger partial charge in [-0.15, -0.1) is 0 Å². The van der Waals surface area contributed by atoms with Crippen LogP contribution in [0.25, 0.3) is 0 Å². The van der Waals surface area contributed by atoms with Gasteiger partial charge in [0.05, 0.1) is 0 Å². The van der Waals surface area contributed by atoms with E-state index in [-0.39, 0.29) is 5.78 Å². The molecular formula is C13H11BrN2O2. The number of aromatic nitrogens is 1. The highest BCUT2D eigenvalue weighted by Crippen LogP contribution is 2.11. The number of anilines is 1. The molecule has 0 atom stereocenters. The fraction of sp³-hybridized carbons (Fsp3) is 0.0769. The van der Waals surface area contributed by atoms with Crippen LogP contribution in [0.1, 0.15) is 16.1 Å². The van der Waals surface area contributed by atoms with Crippen molar-refractivity contribution in [1.82, 2.24) is 5.16 Å². The summed E-state index contributed by atoms with van der Waals surface area (Å²) < 4.78 is 5.83. The third-order valence-electron chi connectivity index (χ3n) is 2.22. The molecule has 0 bridgehead atoms. The number of nitrogens with zero attached hydrogens (tertiary/aromatic N) is 1. The molecule has 1 heterocycles. The molecule has 0 aliphatic heterocycles. The molecule has 5 heteroatoms. The molecule has 0 fully saturated rings. The number of ketones is 1. The van der Waals surface area contributed by atoms with E-state index in [1.54, 1.807) is 31.3 Å². The predicted molar refractivity (Wildman–Crippen MR) is 72.5 cm³/mol. The Morgan fingerprint density at radius 2 is 2.11 bits per heavy atom. The van der Waals surface area contributed by atoms with Crippen molar-refractivity contribution in [1.29, 1.82) is 0 Å². The van der Waals surface area contributed by atoms with E-state index < -0.39 is 0 Å². The molecule has 18 heavy (non-hydrogen) atoms. The zero-order valence-electron chi connectivity index (χ0n) is 9.68. The van der Waals surface area contributed by atoms with Crippen LogP contribution in [0.15, 0.2) is 51.6 Å². The fourth-order valence-corrected chi connectivity index (χ4v) is 1.61.